The maximum Gasteiger partial charge on any atom is 0.320 e. The van der Waals surface area contributed by atoms with E-state index in [1.165, 1.54) is 19.3 Å². The molecule has 1 saturated carbocycles. The molecule has 0 spiro atoms. The zero-order valence-electron chi connectivity index (χ0n) is 10.5. The lowest BCUT2D eigenvalue weighted by molar-refractivity contribution is -0.140. The molecule has 2 N–H and O–H groups in total. The first kappa shape index (κ1) is 13.5. The van der Waals surface area contributed by atoms with Gasteiger partial charge < -0.3 is 10.4 Å². The first-order chi connectivity index (χ1) is 7.59. The van der Waals surface area contributed by atoms with Crippen LogP contribution in [0.4, 0.5) is 0 Å². The zero-order chi connectivity index (χ0) is 12.0. The van der Waals surface area contributed by atoms with E-state index in [1.807, 2.05) is 0 Å². The topological polar surface area (TPSA) is 49.3 Å². The monoisotopic (exact) mass is 227 g/mol. The van der Waals surface area contributed by atoms with E-state index >= 15 is 0 Å². The van der Waals surface area contributed by atoms with E-state index < -0.39 is 5.97 Å². The molecule has 3 nitrogen and oxygen atoms in total. The second-order valence-electron chi connectivity index (χ2n) is 5.36. The third kappa shape index (κ3) is 4.97. The Labute approximate surface area is 98.6 Å². The lowest BCUT2D eigenvalue weighted by Gasteiger charge is -2.26. The van der Waals surface area contributed by atoms with Gasteiger partial charge in [0.05, 0.1) is 0 Å². The third-order valence-corrected chi connectivity index (χ3v) is 3.37. The van der Waals surface area contributed by atoms with Crippen molar-refractivity contribution in [2.24, 2.45) is 5.92 Å². The average Bonchev–Trinajstić information content (AvgIpc) is 2.25. The fraction of sp³-hybridized carbons (Fsp3) is 0.923. The van der Waals surface area contributed by atoms with E-state index in [-0.39, 0.29) is 6.04 Å². The predicted octanol–water partition coefficient (Wildman–Crippen LogP) is 2.80. The summed E-state index contributed by atoms with van der Waals surface area (Å²) in [4.78, 5) is 11.1. The fourth-order valence-corrected chi connectivity index (χ4v) is 2.33. The Balaban J connectivity index is 2.34. The summed E-state index contributed by atoms with van der Waals surface area (Å²) in [7, 11) is 0. The van der Waals surface area contributed by atoms with Crippen molar-refractivity contribution >= 4 is 5.97 Å². The molecule has 3 heteroatoms. The van der Waals surface area contributed by atoms with Crippen molar-refractivity contribution in [2.45, 2.75) is 70.9 Å². The van der Waals surface area contributed by atoms with Gasteiger partial charge in [0.15, 0.2) is 0 Å². The second-order valence-corrected chi connectivity index (χ2v) is 5.36. The number of aliphatic carboxylic acids is 1. The van der Waals surface area contributed by atoms with Gasteiger partial charge in [0, 0.05) is 6.04 Å². The molecule has 0 saturated heterocycles. The lowest BCUT2D eigenvalue weighted by atomic mass is 9.94. The van der Waals surface area contributed by atoms with Gasteiger partial charge in [-0.2, -0.15) is 0 Å². The van der Waals surface area contributed by atoms with Crippen LogP contribution in [-0.2, 0) is 4.79 Å². The van der Waals surface area contributed by atoms with Crippen molar-refractivity contribution < 1.29 is 9.90 Å². The van der Waals surface area contributed by atoms with Gasteiger partial charge in [-0.25, -0.2) is 0 Å². The normalized spacial score (nSPS) is 19.9. The van der Waals surface area contributed by atoms with E-state index in [0.29, 0.717) is 12.0 Å². The molecule has 1 rings (SSSR count). The molecule has 0 heterocycles. The maximum absolute atomic E-state index is 11.1. The highest BCUT2D eigenvalue weighted by Crippen LogP contribution is 2.19. The molecule has 16 heavy (non-hydrogen) atoms. The first-order valence-electron chi connectivity index (χ1n) is 6.58. The molecule has 0 aromatic heterocycles. The van der Waals surface area contributed by atoms with Gasteiger partial charge >= 0.3 is 5.97 Å². The molecule has 94 valence electrons. The standard InChI is InChI=1S/C13H25NO2/c1-10(2)8-9-12(13(15)16)14-11-6-4-3-5-7-11/h10-12,14H,3-9H2,1-2H3,(H,15,16)/t12-/m0/s1. The van der Waals surface area contributed by atoms with Crippen molar-refractivity contribution in [1.82, 2.24) is 5.32 Å². The molecule has 1 atom stereocenters. The molecule has 0 aromatic carbocycles. The third-order valence-electron chi connectivity index (χ3n) is 3.37. The van der Waals surface area contributed by atoms with Crippen molar-refractivity contribution in [1.29, 1.82) is 0 Å². The van der Waals surface area contributed by atoms with Crippen LogP contribution in [0.25, 0.3) is 0 Å². The van der Waals surface area contributed by atoms with Gasteiger partial charge in [-0.05, 0) is 31.6 Å². The van der Waals surface area contributed by atoms with Gasteiger partial charge in [-0.1, -0.05) is 33.1 Å². The van der Waals surface area contributed by atoms with Crippen LogP contribution in [-0.4, -0.2) is 23.2 Å². The molecule has 1 fully saturated rings. The number of hydrogen-bond donors (Lipinski definition) is 2. The molecule has 0 bridgehead atoms. The highest BCUT2D eigenvalue weighted by Gasteiger charge is 2.22. The van der Waals surface area contributed by atoms with E-state index in [1.54, 1.807) is 0 Å². The second kappa shape index (κ2) is 6.89. The predicted molar refractivity (Wildman–Crippen MR) is 65.5 cm³/mol. The SMILES string of the molecule is CC(C)CC[C@H](NC1CCCCC1)C(=O)O. The van der Waals surface area contributed by atoms with Gasteiger partial charge in [0.1, 0.15) is 6.04 Å². The van der Waals surface area contributed by atoms with Crippen LogP contribution in [0, 0.1) is 5.92 Å². The summed E-state index contributed by atoms with van der Waals surface area (Å²) in [6, 6.07) is 0.0903. The van der Waals surface area contributed by atoms with Gasteiger partial charge in [-0.15, -0.1) is 0 Å². The Kier molecular flexibility index (Phi) is 5.81. The average molecular weight is 227 g/mol. The van der Waals surface area contributed by atoms with Gasteiger partial charge in [-0.3, -0.25) is 4.79 Å². The van der Waals surface area contributed by atoms with Crippen molar-refractivity contribution in [3.8, 4) is 0 Å². The van der Waals surface area contributed by atoms with Gasteiger partial charge in [0.2, 0.25) is 0 Å². The van der Waals surface area contributed by atoms with Gasteiger partial charge in [0.25, 0.3) is 0 Å². The van der Waals surface area contributed by atoms with E-state index in [0.717, 1.165) is 25.7 Å². The maximum atomic E-state index is 11.1. The number of rotatable bonds is 6. The summed E-state index contributed by atoms with van der Waals surface area (Å²) < 4.78 is 0. The van der Waals surface area contributed by atoms with Crippen LogP contribution in [0.2, 0.25) is 0 Å². The zero-order valence-corrected chi connectivity index (χ0v) is 10.5. The largest absolute Gasteiger partial charge is 0.480 e. The van der Waals surface area contributed by atoms with E-state index in [4.69, 9.17) is 5.11 Å². The van der Waals surface area contributed by atoms with Crippen molar-refractivity contribution in [3.05, 3.63) is 0 Å². The minimum atomic E-state index is -0.689. The number of nitrogens with one attached hydrogen (secondary N) is 1. The smallest absolute Gasteiger partial charge is 0.320 e. The summed E-state index contributed by atoms with van der Waals surface area (Å²) in [6.45, 7) is 4.28. The molecule has 0 unspecified atom stereocenters. The number of carboxylic acid groups (broad SMARTS) is 1. The molecule has 1 aliphatic carbocycles. The van der Waals surface area contributed by atoms with Crippen LogP contribution >= 0.6 is 0 Å². The summed E-state index contributed by atoms with van der Waals surface area (Å²) >= 11 is 0. The molecule has 0 amide bonds. The summed E-state index contributed by atoms with van der Waals surface area (Å²) in [5.74, 6) is -0.110. The minimum Gasteiger partial charge on any atom is -0.480 e. The number of carboxylic acids is 1. The Morgan fingerprint density at radius 2 is 1.88 bits per heavy atom. The number of hydrogen-bond acceptors (Lipinski definition) is 2. The minimum absolute atomic E-state index is 0.342. The Morgan fingerprint density at radius 1 is 1.25 bits per heavy atom. The van der Waals surface area contributed by atoms with Crippen LogP contribution in [0.3, 0.4) is 0 Å². The summed E-state index contributed by atoms with van der Waals surface area (Å²) in [5.41, 5.74) is 0. The summed E-state index contributed by atoms with van der Waals surface area (Å²) in [5, 5.41) is 12.5. The van der Waals surface area contributed by atoms with Crippen LogP contribution < -0.4 is 5.32 Å². The van der Waals surface area contributed by atoms with E-state index in [9.17, 15) is 4.79 Å². The fourth-order valence-electron chi connectivity index (χ4n) is 2.33. The lowest BCUT2D eigenvalue weighted by Crippen LogP contribution is -2.44. The van der Waals surface area contributed by atoms with Crippen molar-refractivity contribution in [3.63, 3.8) is 0 Å². The highest BCUT2D eigenvalue weighted by atomic mass is 16.4. The molecule has 0 radical (unpaired) electrons. The van der Waals surface area contributed by atoms with Crippen LogP contribution in [0.15, 0.2) is 0 Å². The number of carbonyl (C=O) groups is 1. The van der Waals surface area contributed by atoms with Crippen LogP contribution in [0.5, 0.6) is 0 Å². The first-order valence-corrected chi connectivity index (χ1v) is 6.58. The molecular formula is C13H25NO2. The Bertz CT molecular complexity index is 210. The van der Waals surface area contributed by atoms with E-state index in [2.05, 4.69) is 19.2 Å². The quantitative estimate of drug-likeness (QED) is 0.733. The molecular weight excluding hydrogens is 202 g/mol. The molecule has 1 aliphatic rings. The Morgan fingerprint density at radius 3 is 2.38 bits per heavy atom. The summed E-state index contributed by atoms with van der Waals surface area (Å²) in [6.07, 6.45) is 7.82. The molecule has 0 aromatic rings. The molecule has 0 aliphatic heterocycles. The van der Waals surface area contributed by atoms with Crippen LogP contribution in [0.1, 0.15) is 58.8 Å². The highest BCUT2D eigenvalue weighted by molar-refractivity contribution is 5.73. The Hall–Kier alpha value is -0.570. The van der Waals surface area contributed by atoms with Crippen molar-refractivity contribution in [2.75, 3.05) is 0 Å².